The number of halogens is 2. The van der Waals surface area contributed by atoms with E-state index in [1.54, 1.807) is 0 Å². The number of hydrogen-bond acceptors (Lipinski definition) is 1. The minimum Gasteiger partial charge on any atom is -0.349 e. The number of aromatic amines is 1. The van der Waals surface area contributed by atoms with E-state index in [9.17, 15) is 4.79 Å². The third kappa shape index (κ3) is 5.25. The van der Waals surface area contributed by atoms with Crippen molar-refractivity contribution in [2.24, 2.45) is 0 Å². The number of benzene rings is 3. The summed E-state index contributed by atoms with van der Waals surface area (Å²) >= 11 is 12.1. The van der Waals surface area contributed by atoms with Crippen LogP contribution in [0.1, 0.15) is 34.3 Å². The standard InChI is InChI=1S/C26H22Cl2N2O/c1-17(30-26(31)21-8-13-25-20(16-21)3-2-14-29-25)24(19-6-11-23(28)12-7-19)15-18-4-9-22(27)10-5-18/h2-14,16-17,24H,15H2,1H3,(H,30,31)/p+1/t17-,24+/m1/s1. The van der Waals surface area contributed by atoms with Crippen molar-refractivity contribution in [3.05, 3.63) is 112 Å². The molecule has 1 amide bonds. The third-order valence-electron chi connectivity index (χ3n) is 5.55. The van der Waals surface area contributed by atoms with Crippen LogP contribution in [-0.2, 0) is 6.42 Å². The molecule has 156 valence electrons. The monoisotopic (exact) mass is 449 g/mol. The van der Waals surface area contributed by atoms with Crippen molar-refractivity contribution in [2.45, 2.75) is 25.3 Å². The maximum atomic E-state index is 13.0. The van der Waals surface area contributed by atoms with Gasteiger partial charge in [0.15, 0.2) is 6.20 Å². The lowest BCUT2D eigenvalue weighted by Crippen LogP contribution is -2.38. The topological polar surface area (TPSA) is 43.2 Å². The van der Waals surface area contributed by atoms with Crippen molar-refractivity contribution in [1.82, 2.24) is 5.32 Å². The Balaban J connectivity index is 1.57. The lowest BCUT2D eigenvalue weighted by molar-refractivity contribution is -0.344. The van der Waals surface area contributed by atoms with E-state index in [-0.39, 0.29) is 17.9 Å². The van der Waals surface area contributed by atoms with Gasteiger partial charge in [-0.3, -0.25) is 4.79 Å². The molecule has 4 rings (SSSR count). The Kier molecular flexibility index (Phi) is 6.55. The second-order valence-corrected chi connectivity index (χ2v) is 8.60. The van der Waals surface area contributed by atoms with Gasteiger partial charge in [0, 0.05) is 45.1 Å². The summed E-state index contributed by atoms with van der Waals surface area (Å²) in [5, 5.41) is 5.60. The van der Waals surface area contributed by atoms with Crippen molar-refractivity contribution >= 4 is 40.0 Å². The number of aromatic nitrogens is 1. The van der Waals surface area contributed by atoms with Crippen molar-refractivity contribution < 1.29 is 9.78 Å². The summed E-state index contributed by atoms with van der Waals surface area (Å²) in [6.07, 6.45) is 2.64. The number of nitrogens with one attached hydrogen (secondary N) is 2. The fourth-order valence-corrected chi connectivity index (χ4v) is 4.07. The zero-order valence-electron chi connectivity index (χ0n) is 17.1. The molecule has 3 aromatic carbocycles. The molecule has 3 nitrogen and oxygen atoms in total. The van der Waals surface area contributed by atoms with Gasteiger partial charge in [0.25, 0.3) is 5.91 Å². The maximum absolute atomic E-state index is 13.0. The van der Waals surface area contributed by atoms with Gasteiger partial charge in [0.05, 0.1) is 0 Å². The van der Waals surface area contributed by atoms with Crippen LogP contribution in [0.3, 0.4) is 0 Å². The fourth-order valence-electron chi connectivity index (χ4n) is 3.82. The molecule has 4 aromatic rings. The molecule has 0 fully saturated rings. The lowest BCUT2D eigenvalue weighted by Gasteiger charge is -2.26. The summed E-state index contributed by atoms with van der Waals surface area (Å²) in [5.74, 6) is -0.00972. The Labute approximate surface area is 192 Å². The molecule has 0 spiro atoms. The Hall–Kier alpha value is -2.88. The number of pyridine rings is 1. The Morgan fingerprint density at radius 3 is 2.32 bits per heavy atom. The minimum atomic E-state index is -0.0950. The highest BCUT2D eigenvalue weighted by atomic mass is 35.5. The van der Waals surface area contributed by atoms with E-state index in [2.05, 4.69) is 10.3 Å². The molecule has 0 saturated heterocycles. The molecule has 0 aliphatic carbocycles. The number of carbonyl (C=O) groups excluding carboxylic acids is 1. The summed E-state index contributed by atoms with van der Waals surface area (Å²) in [5.41, 5.74) is 3.92. The molecule has 1 aromatic heterocycles. The van der Waals surface area contributed by atoms with Gasteiger partial charge in [-0.2, -0.15) is 0 Å². The van der Waals surface area contributed by atoms with Crippen LogP contribution in [-0.4, -0.2) is 11.9 Å². The van der Waals surface area contributed by atoms with Crippen LogP contribution in [0, 0.1) is 0 Å². The summed E-state index contributed by atoms with van der Waals surface area (Å²) < 4.78 is 0. The molecule has 0 aliphatic rings. The van der Waals surface area contributed by atoms with E-state index in [4.69, 9.17) is 23.2 Å². The normalized spacial score (nSPS) is 13.0. The van der Waals surface area contributed by atoms with Gasteiger partial charge in [-0.1, -0.05) is 47.5 Å². The van der Waals surface area contributed by atoms with E-state index >= 15 is 0 Å². The predicted octanol–water partition coefficient (Wildman–Crippen LogP) is 6.11. The van der Waals surface area contributed by atoms with Crippen LogP contribution >= 0.6 is 23.2 Å². The van der Waals surface area contributed by atoms with Gasteiger partial charge in [-0.05, 0) is 66.9 Å². The third-order valence-corrected chi connectivity index (χ3v) is 6.06. The van der Waals surface area contributed by atoms with Gasteiger partial charge in [0.2, 0.25) is 5.52 Å². The molecule has 0 aliphatic heterocycles. The van der Waals surface area contributed by atoms with Gasteiger partial charge < -0.3 is 5.32 Å². The van der Waals surface area contributed by atoms with Crippen molar-refractivity contribution in [2.75, 3.05) is 0 Å². The van der Waals surface area contributed by atoms with Crippen LogP contribution < -0.4 is 10.3 Å². The molecular weight excluding hydrogens is 427 g/mol. The zero-order valence-corrected chi connectivity index (χ0v) is 18.6. The summed E-state index contributed by atoms with van der Waals surface area (Å²) in [6, 6.07) is 25.2. The van der Waals surface area contributed by atoms with Gasteiger partial charge in [-0.25, -0.2) is 4.98 Å². The first-order valence-electron chi connectivity index (χ1n) is 10.2. The molecule has 31 heavy (non-hydrogen) atoms. The zero-order chi connectivity index (χ0) is 21.8. The van der Waals surface area contributed by atoms with Crippen LogP contribution in [0.4, 0.5) is 0 Å². The number of H-pyrrole nitrogens is 1. The quantitative estimate of drug-likeness (QED) is 0.379. The van der Waals surface area contributed by atoms with E-state index in [0.29, 0.717) is 15.6 Å². The molecule has 0 saturated carbocycles. The van der Waals surface area contributed by atoms with E-state index in [1.807, 2.05) is 92.0 Å². The average Bonchev–Trinajstić information content (AvgIpc) is 2.79. The molecule has 2 N–H and O–H groups in total. The largest absolute Gasteiger partial charge is 0.349 e. The lowest BCUT2D eigenvalue weighted by atomic mass is 9.86. The highest BCUT2D eigenvalue weighted by Gasteiger charge is 2.22. The van der Waals surface area contributed by atoms with Crippen molar-refractivity contribution in [1.29, 1.82) is 0 Å². The maximum Gasteiger partial charge on any atom is 0.251 e. The number of carbonyl (C=O) groups is 1. The number of rotatable bonds is 6. The number of hydrogen-bond donors (Lipinski definition) is 1. The molecular formula is C26H23Cl2N2O+. The Morgan fingerprint density at radius 1 is 0.935 bits per heavy atom. The summed E-state index contributed by atoms with van der Waals surface area (Å²) in [4.78, 5) is 16.2. The van der Waals surface area contributed by atoms with Crippen LogP contribution in [0.5, 0.6) is 0 Å². The molecule has 5 heteroatoms. The van der Waals surface area contributed by atoms with Gasteiger partial charge >= 0.3 is 0 Å². The van der Waals surface area contributed by atoms with Crippen LogP contribution in [0.25, 0.3) is 10.9 Å². The van der Waals surface area contributed by atoms with E-state index in [0.717, 1.165) is 28.5 Å². The number of amides is 1. The smallest absolute Gasteiger partial charge is 0.251 e. The fraction of sp³-hybridized carbons (Fsp3) is 0.154. The van der Waals surface area contributed by atoms with Gasteiger partial charge in [-0.15, -0.1) is 0 Å². The first-order valence-corrected chi connectivity index (χ1v) is 11.0. The summed E-state index contributed by atoms with van der Waals surface area (Å²) in [6.45, 7) is 2.04. The first-order chi connectivity index (χ1) is 15.0. The van der Waals surface area contributed by atoms with Crippen LogP contribution in [0.15, 0.2) is 85.1 Å². The molecule has 0 unspecified atom stereocenters. The number of fused-ring (bicyclic) bond motifs is 1. The Bertz CT molecular complexity index is 1190. The molecule has 0 bridgehead atoms. The van der Waals surface area contributed by atoms with E-state index < -0.39 is 0 Å². The van der Waals surface area contributed by atoms with E-state index in [1.165, 1.54) is 0 Å². The summed E-state index contributed by atoms with van der Waals surface area (Å²) in [7, 11) is 0. The molecule has 2 atom stereocenters. The SMILES string of the molecule is C[C@@H](NC(=O)c1ccc2[nH+]cccc2c1)[C@H](Cc1ccc(Cl)cc1)c1ccc(Cl)cc1. The van der Waals surface area contributed by atoms with Crippen LogP contribution in [0.2, 0.25) is 10.0 Å². The molecule has 1 heterocycles. The van der Waals surface area contributed by atoms with Crippen molar-refractivity contribution in [3.8, 4) is 0 Å². The molecule has 0 radical (unpaired) electrons. The van der Waals surface area contributed by atoms with Crippen molar-refractivity contribution in [3.63, 3.8) is 0 Å². The highest BCUT2D eigenvalue weighted by molar-refractivity contribution is 6.30. The highest BCUT2D eigenvalue weighted by Crippen LogP contribution is 2.27. The Morgan fingerprint density at radius 2 is 1.61 bits per heavy atom. The second kappa shape index (κ2) is 9.51. The second-order valence-electron chi connectivity index (χ2n) is 7.72. The first kappa shape index (κ1) is 21.4. The average molecular weight is 450 g/mol. The minimum absolute atomic E-state index is 0.0798. The van der Waals surface area contributed by atoms with Gasteiger partial charge in [0.1, 0.15) is 0 Å². The predicted molar refractivity (Wildman–Crippen MR) is 127 cm³/mol.